The summed E-state index contributed by atoms with van der Waals surface area (Å²) in [6, 6.07) is 4.24. The number of aryl methyl sites for hydroxylation is 2. The molecule has 3 nitrogen and oxygen atoms in total. The quantitative estimate of drug-likeness (QED) is 0.885. The number of aromatic nitrogens is 2. The van der Waals surface area contributed by atoms with E-state index in [9.17, 15) is 0 Å². The van der Waals surface area contributed by atoms with Gasteiger partial charge in [-0.1, -0.05) is 6.92 Å². The van der Waals surface area contributed by atoms with Gasteiger partial charge in [0.05, 0.1) is 12.2 Å². The van der Waals surface area contributed by atoms with Crippen LogP contribution in [0.2, 0.25) is 0 Å². The summed E-state index contributed by atoms with van der Waals surface area (Å²) in [6.07, 6.45) is 4.96. The zero-order valence-corrected chi connectivity index (χ0v) is 10.5. The standard InChI is InChI=1S/C12H17N3S/c1-3-10-5-6-11(16-10)12(13)9-7-14-15(4-2)8-9/h5-8,12H,3-4,13H2,1-2H3. The molecule has 0 aliphatic carbocycles. The van der Waals surface area contributed by atoms with E-state index >= 15 is 0 Å². The van der Waals surface area contributed by atoms with E-state index < -0.39 is 0 Å². The number of thiophene rings is 1. The molecule has 0 saturated carbocycles. The Kier molecular flexibility index (Phi) is 3.41. The van der Waals surface area contributed by atoms with E-state index in [0.717, 1.165) is 18.5 Å². The highest BCUT2D eigenvalue weighted by atomic mass is 32.1. The van der Waals surface area contributed by atoms with Crippen molar-refractivity contribution >= 4 is 11.3 Å². The van der Waals surface area contributed by atoms with Gasteiger partial charge in [0, 0.05) is 28.1 Å². The normalized spacial score (nSPS) is 12.9. The molecule has 1 atom stereocenters. The van der Waals surface area contributed by atoms with Crippen LogP contribution in [-0.4, -0.2) is 9.78 Å². The average Bonchev–Trinajstić information content (AvgIpc) is 2.97. The molecular weight excluding hydrogens is 218 g/mol. The summed E-state index contributed by atoms with van der Waals surface area (Å²) in [5.41, 5.74) is 7.30. The summed E-state index contributed by atoms with van der Waals surface area (Å²) in [6.45, 7) is 5.12. The van der Waals surface area contributed by atoms with Gasteiger partial charge < -0.3 is 5.73 Å². The molecule has 2 aromatic heterocycles. The smallest absolute Gasteiger partial charge is 0.0677 e. The zero-order valence-electron chi connectivity index (χ0n) is 9.68. The van der Waals surface area contributed by atoms with Gasteiger partial charge in [-0.2, -0.15) is 5.10 Å². The molecule has 0 aromatic carbocycles. The topological polar surface area (TPSA) is 43.8 Å². The number of nitrogens with two attached hydrogens (primary N) is 1. The van der Waals surface area contributed by atoms with E-state index in [1.54, 1.807) is 11.3 Å². The van der Waals surface area contributed by atoms with Gasteiger partial charge >= 0.3 is 0 Å². The van der Waals surface area contributed by atoms with Crippen LogP contribution >= 0.6 is 11.3 Å². The SMILES string of the molecule is CCc1ccc(C(N)c2cnn(CC)c2)s1. The molecule has 16 heavy (non-hydrogen) atoms. The molecule has 0 fully saturated rings. The minimum atomic E-state index is -0.0365. The fourth-order valence-electron chi connectivity index (χ4n) is 1.63. The van der Waals surface area contributed by atoms with Gasteiger partial charge in [0.2, 0.25) is 0 Å². The van der Waals surface area contributed by atoms with Crippen molar-refractivity contribution in [2.75, 3.05) is 0 Å². The second-order valence-corrected chi connectivity index (χ2v) is 4.96. The van der Waals surface area contributed by atoms with Crippen molar-refractivity contribution in [3.8, 4) is 0 Å². The van der Waals surface area contributed by atoms with E-state index in [2.05, 4.69) is 31.1 Å². The third-order valence-electron chi connectivity index (χ3n) is 2.67. The molecule has 2 rings (SSSR count). The molecule has 4 heteroatoms. The van der Waals surface area contributed by atoms with Gasteiger partial charge in [-0.25, -0.2) is 0 Å². The highest BCUT2D eigenvalue weighted by molar-refractivity contribution is 7.12. The van der Waals surface area contributed by atoms with Crippen LogP contribution in [0.15, 0.2) is 24.5 Å². The Labute approximate surface area is 99.9 Å². The van der Waals surface area contributed by atoms with Crippen molar-refractivity contribution < 1.29 is 0 Å². The Morgan fingerprint density at radius 2 is 2.25 bits per heavy atom. The fraction of sp³-hybridized carbons (Fsp3) is 0.417. The predicted molar refractivity (Wildman–Crippen MR) is 67.6 cm³/mol. The monoisotopic (exact) mass is 235 g/mol. The lowest BCUT2D eigenvalue weighted by atomic mass is 10.1. The van der Waals surface area contributed by atoms with Crippen LogP contribution in [0, 0.1) is 0 Å². The summed E-state index contributed by atoms with van der Waals surface area (Å²) >= 11 is 1.79. The Morgan fingerprint density at radius 1 is 1.44 bits per heavy atom. The number of hydrogen-bond donors (Lipinski definition) is 1. The first-order valence-corrected chi connectivity index (χ1v) is 6.42. The van der Waals surface area contributed by atoms with Crippen molar-refractivity contribution in [1.82, 2.24) is 9.78 Å². The average molecular weight is 235 g/mol. The Hall–Kier alpha value is -1.13. The first kappa shape index (κ1) is 11.4. The van der Waals surface area contributed by atoms with Crippen molar-refractivity contribution in [2.45, 2.75) is 32.9 Å². The molecule has 2 aromatic rings. The van der Waals surface area contributed by atoms with Gasteiger partial charge in [-0.05, 0) is 25.5 Å². The predicted octanol–water partition coefficient (Wildman–Crippen LogP) is 2.58. The number of rotatable bonds is 4. The van der Waals surface area contributed by atoms with Crippen LogP contribution in [0.4, 0.5) is 0 Å². The van der Waals surface area contributed by atoms with Gasteiger partial charge in [-0.3, -0.25) is 4.68 Å². The summed E-state index contributed by atoms with van der Waals surface area (Å²) in [7, 11) is 0. The molecule has 0 aliphatic heterocycles. The maximum Gasteiger partial charge on any atom is 0.0677 e. The van der Waals surface area contributed by atoms with Gasteiger partial charge in [0.15, 0.2) is 0 Å². The van der Waals surface area contributed by atoms with Gasteiger partial charge in [0.1, 0.15) is 0 Å². The molecular formula is C12H17N3S. The second kappa shape index (κ2) is 4.80. The Balaban J connectivity index is 2.20. The largest absolute Gasteiger partial charge is 0.320 e. The van der Waals surface area contributed by atoms with E-state index in [-0.39, 0.29) is 6.04 Å². The minimum Gasteiger partial charge on any atom is -0.320 e. The maximum absolute atomic E-state index is 6.21. The van der Waals surface area contributed by atoms with Crippen LogP contribution < -0.4 is 5.73 Å². The highest BCUT2D eigenvalue weighted by Gasteiger charge is 2.12. The third kappa shape index (κ3) is 2.18. The Morgan fingerprint density at radius 3 is 2.81 bits per heavy atom. The molecule has 0 spiro atoms. The minimum absolute atomic E-state index is 0.0365. The molecule has 86 valence electrons. The van der Waals surface area contributed by atoms with E-state index in [0.29, 0.717) is 0 Å². The van der Waals surface area contributed by atoms with Gasteiger partial charge in [0.25, 0.3) is 0 Å². The molecule has 0 saturated heterocycles. The molecule has 0 bridgehead atoms. The van der Waals surface area contributed by atoms with Crippen LogP contribution in [0.1, 0.15) is 35.2 Å². The second-order valence-electron chi connectivity index (χ2n) is 3.76. The lowest BCUT2D eigenvalue weighted by Crippen LogP contribution is -2.09. The first-order chi connectivity index (χ1) is 7.74. The lowest BCUT2D eigenvalue weighted by molar-refractivity contribution is 0.658. The van der Waals surface area contributed by atoms with Crippen molar-refractivity contribution in [2.24, 2.45) is 5.73 Å². The van der Waals surface area contributed by atoms with Crippen LogP contribution in [0.3, 0.4) is 0 Å². The fourth-order valence-corrected chi connectivity index (χ4v) is 2.61. The molecule has 0 radical (unpaired) electrons. The first-order valence-electron chi connectivity index (χ1n) is 5.61. The number of hydrogen-bond acceptors (Lipinski definition) is 3. The maximum atomic E-state index is 6.21. The zero-order chi connectivity index (χ0) is 11.5. The van der Waals surface area contributed by atoms with Crippen molar-refractivity contribution in [3.05, 3.63) is 39.8 Å². The molecule has 0 amide bonds. The van der Waals surface area contributed by atoms with Crippen molar-refractivity contribution in [3.63, 3.8) is 0 Å². The molecule has 2 N–H and O–H groups in total. The van der Waals surface area contributed by atoms with Crippen LogP contribution in [0.5, 0.6) is 0 Å². The van der Waals surface area contributed by atoms with Crippen molar-refractivity contribution in [1.29, 1.82) is 0 Å². The lowest BCUT2D eigenvalue weighted by Gasteiger charge is -2.05. The summed E-state index contributed by atoms with van der Waals surface area (Å²) in [4.78, 5) is 2.60. The third-order valence-corrected chi connectivity index (χ3v) is 3.99. The van der Waals surface area contributed by atoms with E-state index in [4.69, 9.17) is 5.73 Å². The molecule has 0 aliphatic rings. The van der Waals surface area contributed by atoms with E-state index in [1.807, 2.05) is 17.1 Å². The summed E-state index contributed by atoms with van der Waals surface area (Å²) in [5, 5.41) is 4.25. The van der Waals surface area contributed by atoms with E-state index in [1.165, 1.54) is 9.75 Å². The van der Waals surface area contributed by atoms with Gasteiger partial charge in [-0.15, -0.1) is 11.3 Å². The molecule has 1 unspecified atom stereocenters. The van der Waals surface area contributed by atoms with Crippen LogP contribution in [0.25, 0.3) is 0 Å². The summed E-state index contributed by atoms with van der Waals surface area (Å²) in [5.74, 6) is 0. The molecule has 2 heterocycles. The number of nitrogens with zero attached hydrogens (tertiary/aromatic N) is 2. The summed E-state index contributed by atoms with van der Waals surface area (Å²) < 4.78 is 1.91. The highest BCUT2D eigenvalue weighted by Crippen LogP contribution is 2.26. The Bertz CT molecular complexity index is 416. The van der Waals surface area contributed by atoms with Crippen LogP contribution in [-0.2, 0) is 13.0 Å².